The third-order valence-corrected chi connectivity index (χ3v) is 7.62. The van der Waals surface area contributed by atoms with Gasteiger partial charge in [-0.05, 0) is 73.7 Å². The Kier molecular flexibility index (Phi) is 3.67. The second-order valence-electron chi connectivity index (χ2n) is 8.52. The molecule has 0 unspecified atom stereocenters. The zero-order chi connectivity index (χ0) is 16.4. The number of hydrogen-bond donors (Lipinski definition) is 1. The number of fused-ring (bicyclic) bond motifs is 5. The quantitative estimate of drug-likeness (QED) is 0.792. The Balaban J connectivity index is 1.73. The number of aliphatic hydroxyl groups excluding tert-OH is 1. The monoisotopic (exact) mass is 324 g/mol. The van der Waals surface area contributed by atoms with Crippen molar-refractivity contribution in [1.82, 2.24) is 0 Å². The smallest absolute Gasteiger partial charge is 0.241 e. The summed E-state index contributed by atoms with van der Waals surface area (Å²) >= 11 is 0. The first-order valence-corrected chi connectivity index (χ1v) is 9.11. The van der Waals surface area contributed by atoms with Gasteiger partial charge >= 0.3 is 0 Å². The van der Waals surface area contributed by atoms with Crippen molar-refractivity contribution in [2.45, 2.75) is 64.4 Å². The van der Waals surface area contributed by atoms with E-state index in [0.29, 0.717) is 24.7 Å². The summed E-state index contributed by atoms with van der Waals surface area (Å²) in [5.41, 5.74) is 0.795. The van der Waals surface area contributed by atoms with E-state index in [0.717, 1.165) is 37.7 Å². The molecule has 4 rings (SSSR count). The van der Waals surface area contributed by atoms with Crippen molar-refractivity contribution in [3.63, 3.8) is 0 Å². The maximum atomic E-state index is 13.9. The van der Waals surface area contributed by atoms with Gasteiger partial charge in [0.1, 0.15) is 0 Å². The highest BCUT2D eigenvalue weighted by Gasteiger charge is 2.60. The van der Waals surface area contributed by atoms with E-state index >= 15 is 0 Å². The van der Waals surface area contributed by atoms with Crippen LogP contribution in [0.15, 0.2) is 11.6 Å². The van der Waals surface area contributed by atoms with Gasteiger partial charge in [-0.25, -0.2) is 8.78 Å². The van der Waals surface area contributed by atoms with E-state index in [1.807, 2.05) is 6.92 Å². The Morgan fingerprint density at radius 1 is 1.22 bits per heavy atom. The SMILES string of the molecule is C[C@]12C[C@H](C(F)F)[C@H]3[C@@H](CCC4=CC(=O)CC[C@@H]43)[C@@H]1CC[C@@H]2O. The highest BCUT2D eigenvalue weighted by molar-refractivity contribution is 5.91. The molecule has 1 N–H and O–H groups in total. The minimum atomic E-state index is -2.33. The van der Waals surface area contributed by atoms with Crippen LogP contribution in [0.3, 0.4) is 0 Å². The van der Waals surface area contributed by atoms with Gasteiger partial charge in [-0.1, -0.05) is 12.5 Å². The van der Waals surface area contributed by atoms with Crippen LogP contribution in [0.1, 0.15) is 51.9 Å². The van der Waals surface area contributed by atoms with Crippen LogP contribution in [0.2, 0.25) is 0 Å². The molecule has 128 valence electrons. The number of halogens is 2. The van der Waals surface area contributed by atoms with Crippen LogP contribution in [0.4, 0.5) is 8.78 Å². The molecule has 0 heterocycles. The Morgan fingerprint density at radius 3 is 2.74 bits per heavy atom. The van der Waals surface area contributed by atoms with Crippen molar-refractivity contribution in [2.24, 2.45) is 35.0 Å². The van der Waals surface area contributed by atoms with Crippen molar-refractivity contribution in [3.8, 4) is 0 Å². The summed E-state index contributed by atoms with van der Waals surface area (Å²) < 4.78 is 27.8. The Labute approximate surface area is 136 Å². The number of ketones is 1. The summed E-state index contributed by atoms with van der Waals surface area (Å²) in [6.07, 6.45) is 4.22. The van der Waals surface area contributed by atoms with Gasteiger partial charge in [-0.2, -0.15) is 0 Å². The van der Waals surface area contributed by atoms with Crippen LogP contribution in [0.5, 0.6) is 0 Å². The molecule has 23 heavy (non-hydrogen) atoms. The molecule has 4 heteroatoms. The number of carbonyl (C=O) groups is 1. The van der Waals surface area contributed by atoms with Crippen LogP contribution in [0.25, 0.3) is 0 Å². The summed E-state index contributed by atoms with van der Waals surface area (Å²) in [6.45, 7) is 2.04. The molecule has 0 bridgehead atoms. The first kappa shape index (κ1) is 15.7. The van der Waals surface area contributed by atoms with Gasteiger partial charge in [-0.3, -0.25) is 4.79 Å². The van der Waals surface area contributed by atoms with Crippen molar-refractivity contribution >= 4 is 5.78 Å². The molecule has 4 aliphatic carbocycles. The molecule has 0 aromatic rings. The van der Waals surface area contributed by atoms with Crippen molar-refractivity contribution < 1.29 is 18.7 Å². The molecular formula is C19H26F2O2. The van der Waals surface area contributed by atoms with E-state index < -0.39 is 18.4 Å². The maximum Gasteiger partial charge on any atom is 0.241 e. The molecule has 0 aliphatic heterocycles. The lowest BCUT2D eigenvalue weighted by molar-refractivity contribution is -0.128. The number of hydrogen-bond acceptors (Lipinski definition) is 2. The lowest BCUT2D eigenvalue weighted by Crippen LogP contribution is -2.53. The molecule has 0 spiro atoms. The van der Waals surface area contributed by atoms with Gasteiger partial charge in [0.2, 0.25) is 6.43 Å². The summed E-state index contributed by atoms with van der Waals surface area (Å²) in [5.74, 6) is 0.382. The standard InChI is InChI=1S/C19H26F2O2/c1-19-9-14(18(20)21)17-12-5-3-11(22)8-10(12)2-4-13(17)15(19)6-7-16(19)23/h8,12-18,23H,2-7,9H2,1H3/t12-,13-,14-,15-,16-,17+,19-/m0/s1. The van der Waals surface area contributed by atoms with E-state index in [2.05, 4.69) is 0 Å². The van der Waals surface area contributed by atoms with Crippen molar-refractivity contribution in [1.29, 1.82) is 0 Å². The third-order valence-electron chi connectivity index (χ3n) is 7.62. The number of alkyl halides is 2. The molecule has 0 aromatic heterocycles. The minimum absolute atomic E-state index is 0.00600. The average Bonchev–Trinajstić information content (AvgIpc) is 2.81. The van der Waals surface area contributed by atoms with Gasteiger partial charge in [-0.15, -0.1) is 0 Å². The molecule has 0 saturated heterocycles. The minimum Gasteiger partial charge on any atom is -0.393 e. The van der Waals surface area contributed by atoms with Crippen LogP contribution < -0.4 is 0 Å². The van der Waals surface area contributed by atoms with Gasteiger partial charge in [0, 0.05) is 12.3 Å². The highest BCUT2D eigenvalue weighted by atomic mass is 19.3. The van der Waals surface area contributed by atoms with Gasteiger partial charge in [0.25, 0.3) is 0 Å². The number of aliphatic hydroxyl groups is 1. The van der Waals surface area contributed by atoms with E-state index in [4.69, 9.17) is 0 Å². The third kappa shape index (κ3) is 2.24. The molecule has 3 fully saturated rings. The maximum absolute atomic E-state index is 13.9. The molecule has 7 atom stereocenters. The van der Waals surface area contributed by atoms with Gasteiger partial charge in [0.15, 0.2) is 5.78 Å². The largest absolute Gasteiger partial charge is 0.393 e. The number of allylic oxidation sites excluding steroid dienone is 1. The predicted octanol–water partition coefficient (Wildman–Crippen LogP) is 3.98. The highest BCUT2D eigenvalue weighted by Crippen LogP contribution is 2.64. The zero-order valence-electron chi connectivity index (χ0n) is 13.7. The predicted molar refractivity (Wildman–Crippen MR) is 83.0 cm³/mol. The number of rotatable bonds is 1. The molecule has 3 saturated carbocycles. The zero-order valence-corrected chi connectivity index (χ0v) is 13.7. The van der Waals surface area contributed by atoms with Crippen LogP contribution in [-0.4, -0.2) is 23.4 Å². The van der Waals surface area contributed by atoms with E-state index in [1.165, 1.54) is 0 Å². The molecule has 0 amide bonds. The normalized spacial score (nSPS) is 49.4. The van der Waals surface area contributed by atoms with Crippen LogP contribution in [-0.2, 0) is 4.79 Å². The second kappa shape index (κ2) is 5.37. The summed E-state index contributed by atoms with van der Waals surface area (Å²) in [6, 6.07) is 0. The Hall–Kier alpha value is -0.770. The molecular weight excluding hydrogens is 298 g/mol. The topological polar surface area (TPSA) is 37.3 Å². The number of carbonyl (C=O) groups excluding carboxylic acids is 1. The molecule has 4 aliphatic rings. The molecule has 0 aromatic carbocycles. The van der Waals surface area contributed by atoms with Gasteiger partial charge in [0.05, 0.1) is 6.10 Å². The first-order chi connectivity index (χ1) is 10.9. The van der Waals surface area contributed by atoms with E-state index in [9.17, 15) is 18.7 Å². The van der Waals surface area contributed by atoms with Crippen LogP contribution >= 0.6 is 0 Å². The lowest BCUT2D eigenvalue weighted by Gasteiger charge is -2.56. The van der Waals surface area contributed by atoms with Crippen LogP contribution in [0, 0.1) is 35.0 Å². The molecule has 0 radical (unpaired) electrons. The fourth-order valence-electron chi connectivity index (χ4n) is 6.61. The van der Waals surface area contributed by atoms with E-state index in [1.54, 1.807) is 6.08 Å². The Morgan fingerprint density at radius 2 is 2.00 bits per heavy atom. The van der Waals surface area contributed by atoms with Gasteiger partial charge < -0.3 is 5.11 Å². The summed E-state index contributed by atoms with van der Waals surface area (Å²) in [4.78, 5) is 11.7. The fraction of sp³-hybridized carbons (Fsp3) is 0.842. The van der Waals surface area contributed by atoms with E-state index in [-0.39, 0.29) is 23.0 Å². The van der Waals surface area contributed by atoms with Crippen molar-refractivity contribution in [2.75, 3.05) is 0 Å². The lowest BCUT2D eigenvalue weighted by atomic mass is 9.49. The average molecular weight is 324 g/mol. The first-order valence-electron chi connectivity index (χ1n) is 9.11. The second-order valence-corrected chi connectivity index (χ2v) is 8.52. The molecule has 2 nitrogen and oxygen atoms in total. The van der Waals surface area contributed by atoms with Crippen molar-refractivity contribution in [3.05, 3.63) is 11.6 Å². The fourth-order valence-corrected chi connectivity index (χ4v) is 6.61. The summed E-state index contributed by atoms with van der Waals surface area (Å²) in [7, 11) is 0. The Bertz CT molecular complexity index is 543. The summed E-state index contributed by atoms with van der Waals surface area (Å²) in [5, 5.41) is 10.4.